The van der Waals surface area contributed by atoms with Crippen LogP contribution in [0.3, 0.4) is 0 Å². The highest BCUT2D eigenvalue weighted by Crippen LogP contribution is 2.23. The average molecular weight is 285 g/mol. The Bertz CT molecular complexity index is 533. The smallest absolute Gasteiger partial charge is 0.216 e. The van der Waals surface area contributed by atoms with Crippen LogP contribution >= 0.6 is 0 Å². The van der Waals surface area contributed by atoms with Crippen molar-refractivity contribution in [2.45, 2.75) is 18.9 Å². The van der Waals surface area contributed by atoms with Gasteiger partial charge in [0.05, 0.1) is 18.6 Å². The summed E-state index contributed by atoms with van der Waals surface area (Å²) in [5, 5.41) is 3.20. The van der Waals surface area contributed by atoms with Crippen molar-refractivity contribution in [3.8, 4) is 5.88 Å². The lowest BCUT2D eigenvalue weighted by Gasteiger charge is -2.21. The molecule has 0 aliphatic carbocycles. The van der Waals surface area contributed by atoms with Gasteiger partial charge in [0.1, 0.15) is 6.33 Å². The van der Waals surface area contributed by atoms with Crippen molar-refractivity contribution < 1.29 is 13.2 Å². The molecule has 0 bridgehead atoms. The zero-order valence-electron chi connectivity index (χ0n) is 11.2. The van der Waals surface area contributed by atoms with E-state index in [0.717, 1.165) is 12.1 Å². The molecular formula is C12H19N3O3S. The third kappa shape index (κ3) is 3.63. The van der Waals surface area contributed by atoms with Gasteiger partial charge in [-0.1, -0.05) is 0 Å². The first kappa shape index (κ1) is 14.2. The predicted octanol–water partition coefficient (Wildman–Crippen LogP) is 0.0504. The van der Waals surface area contributed by atoms with Crippen molar-refractivity contribution in [1.82, 2.24) is 15.3 Å². The summed E-state index contributed by atoms with van der Waals surface area (Å²) in [5.74, 6) is 1.23. The molecule has 1 aliphatic rings. The van der Waals surface area contributed by atoms with Crippen LogP contribution in [0, 0.1) is 5.92 Å². The van der Waals surface area contributed by atoms with Gasteiger partial charge in [0.2, 0.25) is 5.88 Å². The minimum Gasteiger partial charge on any atom is -0.481 e. The monoisotopic (exact) mass is 285 g/mol. The lowest BCUT2D eigenvalue weighted by Crippen LogP contribution is -2.36. The van der Waals surface area contributed by atoms with Crippen molar-refractivity contribution in [2.75, 3.05) is 25.7 Å². The van der Waals surface area contributed by atoms with Crippen molar-refractivity contribution >= 4 is 9.84 Å². The first-order valence-corrected chi connectivity index (χ1v) is 8.09. The summed E-state index contributed by atoms with van der Waals surface area (Å²) in [6, 6.07) is 1.89. The fraction of sp³-hybridized carbons (Fsp3) is 0.667. The highest BCUT2D eigenvalue weighted by Gasteiger charge is 2.33. The molecule has 7 heteroatoms. The van der Waals surface area contributed by atoms with Crippen LogP contribution in [0.1, 0.15) is 12.1 Å². The number of hydrogen-bond acceptors (Lipinski definition) is 6. The van der Waals surface area contributed by atoms with Crippen LogP contribution in [0.15, 0.2) is 12.4 Å². The summed E-state index contributed by atoms with van der Waals surface area (Å²) in [6.45, 7) is 0. The molecule has 106 valence electrons. The van der Waals surface area contributed by atoms with Gasteiger partial charge < -0.3 is 10.1 Å². The molecule has 1 aliphatic heterocycles. The second kappa shape index (κ2) is 5.83. The topological polar surface area (TPSA) is 81.2 Å². The molecule has 2 rings (SSSR count). The van der Waals surface area contributed by atoms with E-state index in [2.05, 4.69) is 15.3 Å². The number of ether oxygens (including phenoxy) is 1. The van der Waals surface area contributed by atoms with Crippen molar-refractivity contribution in [3.05, 3.63) is 18.1 Å². The first-order chi connectivity index (χ1) is 9.04. The van der Waals surface area contributed by atoms with Crippen LogP contribution in [-0.2, 0) is 16.3 Å². The van der Waals surface area contributed by atoms with E-state index in [-0.39, 0.29) is 17.7 Å². The summed E-state index contributed by atoms with van der Waals surface area (Å²) >= 11 is 0. The fourth-order valence-corrected chi connectivity index (χ4v) is 4.35. The molecule has 0 aromatic carbocycles. The van der Waals surface area contributed by atoms with Gasteiger partial charge >= 0.3 is 0 Å². The number of hydrogen-bond donors (Lipinski definition) is 1. The lowest BCUT2D eigenvalue weighted by atomic mass is 9.95. The van der Waals surface area contributed by atoms with E-state index in [4.69, 9.17) is 4.74 Å². The van der Waals surface area contributed by atoms with Crippen molar-refractivity contribution in [3.63, 3.8) is 0 Å². The minimum absolute atomic E-state index is 0.108. The van der Waals surface area contributed by atoms with E-state index in [9.17, 15) is 8.42 Å². The van der Waals surface area contributed by atoms with Crippen LogP contribution in [0.5, 0.6) is 5.88 Å². The van der Waals surface area contributed by atoms with E-state index in [0.29, 0.717) is 18.1 Å². The Morgan fingerprint density at radius 2 is 2.32 bits per heavy atom. The van der Waals surface area contributed by atoms with Crippen LogP contribution in [-0.4, -0.2) is 50.1 Å². The third-order valence-corrected chi connectivity index (χ3v) is 5.34. The summed E-state index contributed by atoms with van der Waals surface area (Å²) < 4.78 is 28.1. The zero-order valence-corrected chi connectivity index (χ0v) is 12.0. The maximum atomic E-state index is 11.5. The molecule has 2 atom stereocenters. The molecule has 1 aromatic heterocycles. The summed E-state index contributed by atoms with van der Waals surface area (Å²) in [7, 11) is 0.563. The number of methoxy groups -OCH3 is 1. The van der Waals surface area contributed by atoms with Gasteiger partial charge in [0, 0.05) is 24.2 Å². The number of nitrogens with zero attached hydrogens (tertiary/aromatic N) is 2. The molecule has 6 nitrogen and oxygen atoms in total. The van der Waals surface area contributed by atoms with Gasteiger partial charge in [-0.2, -0.15) is 0 Å². The van der Waals surface area contributed by atoms with Gasteiger partial charge in [-0.05, 0) is 19.4 Å². The molecular weight excluding hydrogens is 266 g/mol. The van der Waals surface area contributed by atoms with Gasteiger partial charge in [-0.15, -0.1) is 0 Å². The Morgan fingerprint density at radius 3 is 2.89 bits per heavy atom. The maximum Gasteiger partial charge on any atom is 0.216 e. The highest BCUT2D eigenvalue weighted by molar-refractivity contribution is 7.91. The van der Waals surface area contributed by atoms with Crippen LogP contribution in [0.4, 0.5) is 0 Å². The Morgan fingerprint density at radius 1 is 1.53 bits per heavy atom. The molecule has 0 radical (unpaired) electrons. The maximum absolute atomic E-state index is 11.5. The van der Waals surface area contributed by atoms with Crippen molar-refractivity contribution in [1.29, 1.82) is 0 Å². The van der Waals surface area contributed by atoms with Gasteiger partial charge in [-0.25, -0.2) is 18.4 Å². The van der Waals surface area contributed by atoms with Crippen LogP contribution in [0.25, 0.3) is 0 Å². The largest absolute Gasteiger partial charge is 0.481 e. The van der Waals surface area contributed by atoms with E-state index in [1.165, 1.54) is 6.33 Å². The van der Waals surface area contributed by atoms with Gasteiger partial charge in [0.25, 0.3) is 0 Å². The van der Waals surface area contributed by atoms with Gasteiger partial charge in [-0.3, -0.25) is 0 Å². The molecule has 19 heavy (non-hydrogen) atoms. The molecule has 2 heterocycles. The standard InChI is InChI=1S/C12H19N3O3S/c1-13-11(9-3-4-19(16,17)7-9)5-10-6-12(18-2)15-8-14-10/h6,8-9,11,13H,3-5,7H2,1-2H3. The summed E-state index contributed by atoms with van der Waals surface area (Å²) in [4.78, 5) is 8.16. The van der Waals surface area contributed by atoms with Crippen LogP contribution in [0.2, 0.25) is 0 Å². The zero-order chi connectivity index (χ0) is 13.9. The van der Waals surface area contributed by atoms with E-state index >= 15 is 0 Å². The predicted molar refractivity (Wildman–Crippen MR) is 71.9 cm³/mol. The van der Waals surface area contributed by atoms with E-state index in [1.54, 1.807) is 13.2 Å². The lowest BCUT2D eigenvalue weighted by molar-refractivity contribution is 0.387. The number of nitrogens with one attached hydrogen (secondary N) is 1. The molecule has 1 aromatic rings. The van der Waals surface area contributed by atoms with Crippen LogP contribution < -0.4 is 10.1 Å². The number of sulfone groups is 1. The summed E-state index contributed by atoms with van der Waals surface area (Å²) in [5.41, 5.74) is 0.857. The molecule has 1 fully saturated rings. The molecule has 0 saturated carbocycles. The molecule has 0 spiro atoms. The summed E-state index contributed by atoms with van der Waals surface area (Å²) in [6.07, 6.45) is 2.86. The number of likely N-dealkylation sites (N-methyl/N-ethyl adjacent to an activating group) is 1. The SMILES string of the molecule is CNC(Cc1cc(OC)ncn1)C1CCS(=O)(=O)C1. The average Bonchev–Trinajstić information content (AvgIpc) is 2.76. The Balaban J connectivity index is 2.06. The Kier molecular flexibility index (Phi) is 4.36. The molecule has 2 unspecified atom stereocenters. The second-order valence-electron chi connectivity index (χ2n) is 4.81. The molecule has 0 amide bonds. The first-order valence-electron chi connectivity index (χ1n) is 6.26. The van der Waals surface area contributed by atoms with E-state index in [1.807, 2.05) is 7.05 Å². The second-order valence-corrected chi connectivity index (χ2v) is 7.04. The molecule has 1 saturated heterocycles. The van der Waals surface area contributed by atoms with Crippen molar-refractivity contribution in [2.24, 2.45) is 5.92 Å². The number of aromatic nitrogens is 2. The Hall–Kier alpha value is -1.21. The van der Waals surface area contributed by atoms with Gasteiger partial charge in [0.15, 0.2) is 9.84 Å². The Labute approximate surface area is 113 Å². The molecule has 1 N–H and O–H groups in total. The normalized spacial score (nSPS) is 23.2. The quantitative estimate of drug-likeness (QED) is 0.823. The minimum atomic E-state index is -2.85. The fourth-order valence-electron chi connectivity index (χ4n) is 2.47. The number of rotatable bonds is 5. The highest BCUT2D eigenvalue weighted by atomic mass is 32.2. The van der Waals surface area contributed by atoms with E-state index < -0.39 is 9.84 Å². The third-order valence-electron chi connectivity index (χ3n) is 3.54.